The average Bonchev–Trinajstić information content (AvgIpc) is 2.79. The fourth-order valence-corrected chi connectivity index (χ4v) is 2.97. The molecule has 3 aromatic carbocycles. The van der Waals surface area contributed by atoms with E-state index in [0.29, 0.717) is 5.52 Å². The van der Waals surface area contributed by atoms with Gasteiger partial charge in [0.25, 0.3) is 0 Å². The summed E-state index contributed by atoms with van der Waals surface area (Å²) in [6.07, 6.45) is 1.91. The van der Waals surface area contributed by atoms with Gasteiger partial charge in [0, 0.05) is 31.7 Å². The van der Waals surface area contributed by atoms with E-state index in [9.17, 15) is 4.79 Å². The first-order valence-electron chi connectivity index (χ1n) is 9.12. The van der Waals surface area contributed by atoms with Crippen LogP contribution in [-0.4, -0.2) is 21.0 Å². The zero-order chi connectivity index (χ0) is 20.1. The van der Waals surface area contributed by atoms with E-state index in [4.69, 9.17) is 5.11 Å². The van der Waals surface area contributed by atoms with Gasteiger partial charge in [0.1, 0.15) is 5.69 Å². The molecule has 2 heterocycles. The molecule has 0 aliphatic carbocycles. The van der Waals surface area contributed by atoms with Crippen LogP contribution in [0.1, 0.15) is 10.5 Å². The van der Waals surface area contributed by atoms with Crippen LogP contribution < -0.4 is 0 Å². The SMILES string of the molecule is O=C(O)c1ccc2ccccc2n1.[Ir].[c-]1ccccc1-c1cc2ccccc2cn1. The molecule has 30 heavy (non-hydrogen) atoms. The Balaban J connectivity index is 0.000000169. The van der Waals surface area contributed by atoms with Crippen molar-refractivity contribution in [3.63, 3.8) is 0 Å². The van der Waals surface area contributed by atoms with E-state index in [0.717, 1.165) is 16.6 Å². The quantitative estimate of drug-likeness (QED) is 0.280. The monoisotopic (exact) mass is 570 g/mol. The van der Waals surface area contributed by atoms with Crippen molar-refractivity contribution in [3.8, 4) is 11.3 Å². The van der Waals surface area contributed by atoms with Crippen LogP contribution in [0.5, 0.6) is 0 Å². The van der Waals surface area contributed by atoms with Crippen LogP contribution in [0.2, 0.25) is 0 Å². The zero-order valence-corrected chi connectivity index (χ0v) is 18.2. The number of benzene rings is 3. The van der Waals surface area contributed by atoms with E-state index >= 15 is 0 Å². The third kappa shape index (κ3) is 4.95. The molecule has 0 atom stereocenters. The molecule has 1 radical (unpaired) electrons. The summed E-state index contributed by atoms with van der Waals surface area (Å²) < 4.78 is 0. The summed E-state index contributed by atoms with van der Waals surface area (Å²) in [5.74, 6) is -0.995. The number of hydrogen-bond donors (Lipinski definition) is 1. The number of nitrogens with zero attached hydrogens (tertiary/aromatic N) is 2. The molecule has 5 aromatic rings. The molecule has 1 N–H and O–H groups in total. The first-order valence-corrected chi connectivity index (χ1v) is 9.12. The molecule has 0 amide bonds. The van der Waals surface area contributed by atoms with Gasteiger partial charge in [-0.05, 0) is 28.6 Å². The number of carbonyl (C=O) groups is 1. The number of hydrogen-bond acceptors (Lipinski definition) is 3. The number of para-hydroxylation sites is 1. The Bertz CT molecular complexity index is 1290. The Morgan fingerprint density at radius 3 is 2.23 bits per heavy atom. The maximum Gasteiger partial charge on any atom is 0.354 e. The Morgan fingerprint density at radius 2 is 1.50 bits per heavy atom. The normalized spacial score (nSPS) is 10.0. The second kappa shape index (κ2) is 9.88. The molecule has 4 nitrogen and oxygen atoms in total. The van der Waals surface area contributed by atoms with Crippen molar-refractivity contribution in [2.24, 2.45) is 0 Å². The van der Waals surface area contributed by atoms with Gasteiger partial charge < -0.3 is 10.1 Å². The first-order chi connectivity index (χ1) is 14.2. The van der Waals surface area contributed by atoms with E-state index in [-0.39, 0.29) is 25.8 Å². The van der Waals surface area contributed by atoms with Crippen LogP contribution >= 0.6 is 0 Å². The number of carboxylic acids is 1. The van der Waals surface area contributed by atoms with Crippen molar-refractivity contribution < 1.29 is 30.0 Å². The van der Waals surface area contributed by atoms with Crippen molar-refractivity contribution in [2.45, 2.75) is 0 Å². The average molecular weight is 570 g/mol. The molecule has 5 rings (SSSR count). The molecule has 0 fully saturated rings. The van der Waals surface area contributed by atoms with Gasteiger partial charge in [-0.25, -0.2) is 9.78 Å². The second-order valence-electron chi connectivity index (χ2n) is 6.39. The Hall–Kier alpha value is -3.40. The van der Waals surface area contributed by atoms with Crippen LogP contribution in [0.3, 0.4) is 0 Å². The van der Waals surface area contributed by atoms with E-state index in [1.54, 1.807) is 12.1 Å². The van der Waals surface area contributed by atoms with Crippen LogP contribution in [0.25, 0.3) is 32.9 Å². The number of aromatic carboxylic acids is 1. The largest absolute Gasteiger partial charge is 0.477 e. The second-order valence-corrected chi connectivity index (χ2v) is 6.39. The molecule has 0 spiro atoms. The molecule has 0 bridgehead atoms. The van der Waals surface area contributed by atoms with Crippen LogP contribution in [-0.2, 0) is 20.1 Å². The van der Waals surface area contributed by atoms with Crippen LogP contribution in [0.4, 0.5) is 0 Å². The summed E-state index contributed by atoms with van der Waals surface area (Å²) in [7, 11) is 0. The predicted molar refractivity (Wildman–Crippen MR) is 115 cm³/mol. The Kier molecular flexibility index (Phi) is 7.02. The predicted octanol–water partition coefficient (Wildman–Crippen LogP) is 5.63. The van der Waals surface area contributed by atoms with Crippen LogP contribution in [0, 0.1) is 6.07 Å². The van der Waals surface area contributed by atoms with Crippen molar-refractivity contribution in [1.29, 1.82) is 0 Å². The number of fused-ring (bicyclic) bond motifs is 2. The molecule has 0 unspecified atom stereocenters. The van der Waals surface area contributed by atoms with Gasteiger partial charge in [0.15, 0.2) is 0 Å². The van der Waals surface area contributed by atoms with Crippen LogP contribution in [0.15, 0.2) is 97.2 Å². The van der Waals surface area contributed by atoms with Gasteiger partial charge >= 0.3 is 5.97 Å². The fraction of sp³-hybridized carbons (Fsp3) is 0. The van der Waals surface area contributed by atoms with Gasteiger partial charge in [-0.15, -0.1) is 35.9 Å². The zero-order valence-electron chi connectivity index (χ0n) is 15.8. The summed E-state index contributed by atoms with van der Waals surface area (Å²) in [5, 5.41) is 12.0. The van der Waals surface area contributed by atoms with Crippen molar-refractivity contribution in [1.82, 2.24) is 9.97 Å². The third-order valence-electron chi connectivity index (χ3n) is 4.43. The third-order valence-corrected chi connectivity index (χ3v) is 4.43. The van der Waals surface area contributed by atoms with Gasteiger partial charge in [0.05, 0.1) is 5.52 Å². The number of aromatic nitrogens is 2. The topological polar surface area (TPSA) is 63.1 Å². The Morgan fingerprint density at radius 1 is 0.800 bits per heavy atom. The summed E-state index contributed by atoms with van der Waals surface area (Å²) in [4.78, 5) is 19.0. The summed E-state index contributed by atoms with van der Waals surface area (Å²) in [6.45, 7) is 0. The number of carboxylic acid groups (broad SMARTS) is 1. The van der Waals surface area contributed by atoms with E-state index < -0.39 is 5.97 Å². The molecular weight excluding hydrogens is 553 g/mol. The Labute approximate surface area is 187 Å². The van der Waals surface area contributed by atoms with E-state index in [1.165, 1.54) is 16.8 Å². The number of pyridine rings is 2. The van der Waals surface area contributed by atoms with Crippen molar-refractivity contribution in [3.05, 3.63) is 109 Å². The maximum atomic E-state index is 10.6. The van der Waals surface area contributed by atoms with E-state index in [1.807, 2.05) is 60.8 Å². The molecule has 0 saturated heterocycles. The first kappa shape index (κ1) is 21.3. The smallest absolute Gasteiger partial charge is 0.354 e. The van der Waals surface area contributed by atoms with Gasteiger partial charge in [-0.1, -0.05) is 54.6 Å². The molecule has 149 valence electrons. The van der Waals surface area contributed by atoms with E-state index in [2.05, 4.69) is 34.2 Å². The number of rotatable bonds is 2. The summed E-state index contributed by atoms with van der Waals surface area (Å²) in [5.41, 5.74) is 2.80. The molecule has 0 saturated carbocycles. The molecule has 5 heteroatoms. The minimum Gasteiger partial charge on any atom is -0.477 e. The molecule has 0 aliphatic heterocycles. The fourth-order valence-electron chi connectivity index (χ4n) is 2.97. The standard InChI is InChI=1S/C15H10N.C10H7NO2.Ir/c1-2-6-12(7-3-1)15-10-13-8-4-5-9-14(13)11-16-15;12-10(13)9-6-5-7-3-1-2-4-8(7)11-9;/h1-6,8-11H;1-6H,(H,12,13);/q-1;;. The minimum absolute atomic E-state index is 0. The minimum atomic E-state index is -0.995. The molecule has 0 aliphatic rings. The summed E-state index contributed by atoms with van der Waals surface area (Å²) in [6, 6.07) is 32.1. The molecule has 2 aromatic heterocycles. The van der Waals surface area contributed by atoms with Gasteiger partial charge in [-0.2, -0.15) is 0 Å². The van der Waals surface area contributed by atoms with Crippen molar-refractivity contribution in [2.75, 3.05) is 0 Å². The van der Waals surface area contributed by atoms with Crippen molar-refractivity contribution >= 4 is 27.6 Å². The van der Waals surface area contributed by atoms with Gasteiger partial charge in [0.2, 0.25) is 0 Å². The molecular formula is C25H17IrN2O2-. The summed E-state index contributed by atoms with van der Waals surface area (Å²) >= 11 is 0. The van der Waals surface area contributed by atoms with Gasteiger partial charge in [-0.3, -0.25) is 0 Å². The maximum absolute atomic E-state index is 10.6.